The Balaban J connectivity index is 1.84. The first kappa shape index (κ1) is 25.4. The molecule has 0 fully saturated rings. The van der Waals surface area contributed by atoms with E-state index in [0.717, 1.165) is 11.8 Å². The Labute approximate surface area is 209 Å². The molecule has 0 aliphatic carbocycles. The number of likely N-dealkylation sites (N-methyl/N-ethyl adjacent to an activating group) is 1. The van der Waals surface area contributed by atoms with Crippen LogP contribution < -0.4 is 4.74 Å². The summed E-state index contributed by atoms with van der Waals surface area (Å²) in [7, 11) is -0.268. The number of rotatable bonds is 8. The monoisotopic (exact) mass is 510 g/mol. The minimum atomic E-state index is -3.40. The van der Waals surface area contributed by atoms with Gasteiger partial charge >= 0.3 is 5.97 Å². The lowest BCUT2D eigenvalue weighted by atomic mass is 9.92. The van der Waals surface area contributed by atoms with Gasteiger partial charge in [0.1, 0.15) is 5.70 Å². The second kappa shape index (κ2) is 10.1. The number of carboxylic acids is 1. The number of hydrazine groups is 1. The summed E-state index contributed by atoms with van der Waals surface area (Å²) in [6, 6.07) is 19.8. The fourth-order valence-electron chi connectivity index (χ4n) is 4.54. The second-order valence-electron chi connectivity index (χ2n) is 8.59. The fourth-order valence-corrected chi connectivity index (χ4v) is 5.17. The Morgan fingerprint density at radius 3 is 2.28 bits per heavy atom. The van der Waals surface area contributed by atoms with Crippen LogP contribution in [0.25, 0.3) is 5.57 Å². The molecule has 1 N–H and O–H groups in total. The fraction of sp³-hybridized carbons (Fsp3) is 0.222. The van der Waals surface area contributed by atoms with Gasteiger partial charge in [0, 0.05) is 25.4 Å². The molecule has 4 rings (SSSR count). The minimum absolute atomic E-state index is 0.0372. The van der Waals surface area contributed by atoms with E-state index in [-0.39, 0.29) is 16.3 Å². The summed E-state index contributed by atoms with van der Waals surface area (Å²) in [6.07, 6.45) is 1.72. The zero-order valence-electron chi connectivity index (χ0n) is 20.2. The maximum absolute atomic E-state index is 14.7. The van der Waals surface area contributed by atoms with E-state index in [1.807, 2.05) is 30.3 Å². The predicted octanol–water partition coefficient (Wildman–Crippen LogP) is 4.18. The molecule has 36 heavy (non-hydrogen) atoms. The molecule has 9 heteroatoms. The van der Waals surface area contributed by atoms with Crippen LogP contribution in [0.1, 0.15) is 22.7 Å². The number of carboxylic acid groups (broad SMARTS) is 1. The molecule has 0 amide bonds. The molecule has 0 bridgehead atoms. The number of nitrogens with zero attached hydrogens (tertiary/aromatic N) is 2. The second-order valence-corrected chi connectivity index (χ2v) is 10.6. The number of hydrogen-bond donors (Lipinski definition) is 1. The third-order valence-corrected chi connectivity index (χ3v) is 7.41. The molecule has 7 nitrogen and oxygen atoms in total. The summed E-state index contributed by atoms with van der Waals surface area (Å²) in [5, 5.41) is 13.8. The molecular formula is C27H27FN2O5S. The van der Waals surface area contributed by atoms with Crippen LogP contribution in [0.4, 0.5) is 4.39 Å². The number of sulfone groups is 1. The van der Waals surface area contributed by atoms with Crippen LogP contribution >= 0.6 is 0 Å². The molecule has 1 unspecified atom stereocenters. The van der Waals surface area contributed by atoms with Crippen LogP contribution in [0.2, 0.25) is 0 Å². The van der Waals surface area contributed by atoms with Crippen LogP contribution in [0.15, 0.2) is 83.4 Å². The summed E-state index contributed by atoms with van der Waals surface area (Å²) < 4.78 is 43.7. The highest BCUT2D eigenvalue weighted by Gasteiger charge is 2.41. The van der Waals surface area contributed by atoms with Gasteiger partial charge in [0.15, 0.2) is 21.4 Å². The lowest BCUT2D eigenvalue weighted by Crippen LogP contribution is -2.39. The van der Waals surface area contributed by atoms with Crippen molar-refractivity contribution in [2.45, 2.75) is 17.4 Å². The van der Waals surface area contributed by atoms with E-state index >= 15 is 0 Å². The summed E-state index contributed by atoms with van der Waals surface area (Å²) in [5.41, 5.74) is 2.57. The van der Waals surface area contributed by atoms with Crippen LogP contribution in [0, 0.1) is 5.82 Å². The lowest BCUT2D eigenvalue weighted by molar-refractivity contribution is -0.136. The summed E-state index contributed by atoms with van der Waals surface area (Å²) in [5.74, 6) is -1.70. The molecule has 0 spiro atoms. The van der Waals surface area contributed by atoms with Gasteiger partial charge in [0.25, 0.3) is 0 Å². The van der Waals surface area contributed by atoms with E-state index in [9.17, 15) is 22.7 Å². The third kappa shape index (κ3) is 4.98. The maximum atomic E-state index is 14.7. The molecular weight excluding hydrogens is 483 g/mol. The molecule has 1 atom stereocenters. The van der Waals surface area contributed by atoms with Gasteiger partial charge < -0.3 is 9.84 Å². The topological polar surface area (TPSA) is 87.2 Å². The smallest absolute Gasteiger partial charge is 0.353 e. The zero-order chi connectivity index (χ0) is 26.0. The highest BCUT2D eigenvalue weighted by atomic mass is 32.2. The summed E-state index contributed by atoms with van der Waals surface area (Å²) in [4.78, 5) is 12.8. The number of halogens is 1. The number of methoxy groups -OCH3 is 1. The molecule has 0 saturated heterocycles. The van der Waals surface area contributed by atoms with Gasteiger partial charge in [0.05, 0.1) is 18.0 Å². The van der Waals surface area contributed by atoms with Crippen LogP contribution in [-0.4, -0.2) is 56.5 Å². The predicted molar refractivity (Wildman–Crippen MR) is 134 cm³/mol. The van der Waals surface area contributed by atoms with Crippen molar-refractivity contribution >= 4 is 21.4 Å². The Hall–Kier alpha value is -3.69. The van der Waals surface area contributed by atoms with Crippen molar-refractivity contribution in [3.63, 3.8) is 0 Å². The van der Waals surface area contributed by atoms with Gasteiger partial charge in [-0.25, -0.2) is 22.6 Å². The molecule has 0 aromatic heterocycles. The van der Waals surface area contributed by atoms with Gasteiger partial charge in [-0.15, -0.1) is 0 Å². The Morgan fingerprint density at radius 1 is 1.06 bits per heavy atom. The standard InChI is InChI=1S/C27H27FN2O5S/c1-29-25(19-9-12-21(13-10-19)36(3,33)34)24(20-11-14-23(35-2)22(28)17-20)26(27(31)32)30(29)16-15-18-7-5-4-6-8-18/h4-14,17,25H,15-16H2,1-3H3,(H,31,32). The SMILES string of the molecule is COc1ccc(C2=C(C(=O)O)N(CCc3ccccc3)N(C)C2c2ccc(S(C)(=O)=O)cc2)cc1F. The average Bonchev–Trinajstić information content (AvgIpc) is 3.15. The first-order chi connectivity index (χ1) is 17.1. The van der Waals surface area contributed by atoms with Crippen LogP contribution in [0.5, 0.6) is 5.75 Å². The van der Waals surface area contributed by atoms with Crippen molar-refractivity contribution in [2.75, 3.05) is 27.0 Å². The average molecular weight is 511 g/mol. The Kier molecular flexibility index (Phi) is 7.14. The summed E-state index contributed by atoms with van der Waals surface area (Å²) in [6.45, 7) is 0.377. The molecule has 188 valence electrons. The van der Waals surface area contributed by atoms with Crippen LogP contribution in [0.3, 0.4) is 0 Å². The Morgan fingerprint density at radius 2 is 1.72 bits per heavy atom. The van der Waals surface area contributed by atoms with Crippen molar-refractivity contribution < 1.29 is 27.4 Å². The Bertz CT molecular complexity index is 1410. The first-order valence-electron chi connectivity index (χ1n) is 11.3. The number of hydrogen-bond acceptors (Lipinski definition) is 6. The minimum Gasteiger partial charge on any atom is -0.494 e. The van der Waals surface area contributed by atoms with Crippen LogP contribution in [-0.2, 0) is 21.1 Å². The van der Waals surface area contributed by atoms with E-state index in [1.165, 1.54) is 31.4 Å². The molecule has 3 aromatic carbocycles. The van der Waals surface area contributed by atoms with Gasteiger partial charge in [-0.3, -0.25) is 5.01 Å². The van der Waals surface area contributed by atoms with E-state index in [2.05, 4.69) is 0 Å². The molecule has 3 aromatic rings. The van der Waals surface area contributed by atoms with Crippen molar-refractivity contribution in [1.82, 2.24) is 10.0 Å². The maximum Gasteiger partial charge on any atom is 0.353 e. The lowest BCUT2D eigenvalue weighted by Gasteiger charge is -2.32. The van der Waals surface area contributed by atoms with E-state index in [1.54, 1.807) is 35.3 Å². The summed E-state index contributed by atoms with van der Waals surface area (Å²) >= 11 is 0. The van der Waals surface area contributed by atoms with E-state index in [4.69, 9.17) is 4.74 Å². The first-order valence-corrected chi connectivity index (χ1v) is 13.2. The number of carbonyl (C=O) groups is 1. The van der Waals surface area contributed by atoms with Gasteiger partial charge in [-0.05, 0) is 47.4 Å². The normalized spacial score (nSPS) is 16.4. The molecule has 0 radical (unpaired) electrons. The van der Waals surface area contributed by atoms with Gasteiger partial charge in [-0.1, -0.05) is 48.5 Å². The number of benzene rings is 3. The molecule has 1 aliphatic rings. The zero-order valence-corrected chi connectivity index (χ0v) is 21.0. The largest absolute Gasteiger partial charge is 0.494 e. The highest BCUT2D eigenvalue weighted by Crippen LogP contribution is 2.45. The number of ether oxygens (including phenoxy) is 1. The van der Waals surface area contributed by atoms with Crippen molar-refractivity contribution in [3.05, 3.63) is 101 Å². The molecule has 1 heterocycles. The van der Waals surface area contributed by atoms with Gasteiger partial charge in [-0.2, -0.15) is 0 Å². The molecule has 1 aliphatic heterocycles. The third-order valence-electron chi connectivity index (χ3n) is 6.29. The van der Waals surface area contributed by atoms with Crippen molar-refractivity contribution in [3.8, 4) is 5.75 Å². The highest BCUT2D eigenvalue weighted by molar-refractivity contribution is 7.90. The van der Waals surface area contributed by atoms with E-state index < -0.39 is 27.7 Å². The quantitative estimate of drug-likeness (QED) is 0.487. The van der Waals surface area contributed by atoms with Crippen molar-refractivity contribution in [1.29, 1.82) is 0 Å². The number of aliphatic carboxylic acids is 1. The van der Waals surface area contributed by atoms with E-state index in [0.29, 0.717) is 29.7 Å². The molecule has 0 saturated carbocycles. The van der Waals surface area contributed by atoms with Gasteiger partial charge in [0.2, 0.25) is 0 Å². The van der Waals surface area contributed by atoms with Crippen molar-refractivity contribution in [2.24, 2.45) is 0 Å².